The van der Waals surface area contributed by atoms with Crippen LogP contribution >= 0.6 is 11.8 Å². The van der Waals surface area contributed by atoms with Gasteiger partial charge >= 0.3 is 0 Å². The van der Waals surface area contributed by atoms with Crippen LogP contribution in [-0.4, -0.2) is 44.6 Å². The van der Waals surface area contributed by atoms with Crippen molar-refractivity contribution >= 4 is 33.3 Å². The van der Waals surface area contributed by atoms with E-state index in [2.05, 4.69) is 20.6 Å². The van der Waals surface area contributed by atoms with Crippen molar-refractivity contribution in [3.63, 3.8) is 0 Å². The fraction of sp³-hybridized carbons (Fsp3) is 0.136. The van der Waals surface area contributed by atoms with Crippen molar-refractivity contribution in [1.29, 1.82) is 5.26 Å². The molecule has 4 rings (SSSR count). The number of nitriles is 1. The molecule has 0 atom stereocenters. The summed E-state index contributed by atoms with van der Waals surface area (Å²) in [6.45, 7) is 0. The molecule has 0 aliphatic rings. The van der Waals surface area contributed by atoms with Crippen molar-refractivity contribution in [2.45, 2.75) is 15.8 Å². The fourth-order valence-electron chi connectivity index (χ4n) is 3.09. The lowest BCUT2D eigenvalue weighted by atomic mass is 10.3. The van der Waals surface area contributed by atoms with Gasteiger partial charge in [0.2, 0.25) is 5.91 Å². The molecule has 0 bridgehead atoms. The van der Waals surface area contributed by atoms with E-state index in [9.17, 15) is 18.5 Å². The quantitative estimate of drug-likeness (QED) is 0.370. The number of nitrogens with one attached hydrogen (secondary N) is 1. The first kappa shape index (κ1) is 23.2. The number of hydrogen-bond acceptors (Lipinski definition) is 8. The van der Waals surface area contributed by atoms with Crippen LogP contribution in [0.25, 0.3) is 5.69 Å². The second kappa shape index (κ2) is 9.90. The summed E-state index contributed by atoms with van der Waals surface area (Å²) in [5.74, 6) is -0.176. The molecule has 0 radical (unpaired) electrons. The van der Waals surface area contributed by atoms with Crippen molar-refractivity contribution in [2.75, 3.05) is 11.1 Å². The van der Waals surface area contributed by atoms with E-state index in [4.69, 9.17) is 0 Å². The number of amides is 1. The van der Waals surface area contributed by atoms with E-state index in [1.54, 1.807) is 29.8 Å². The second-order valence-electron chi connectivity index (χ2n) is 7.13. The Labute approximate surface area is 200 Å². The van der Waals surface area contributed by atoms with Gasteiger partial charge in [-0.25, -0.2) is 13.1 Å². The molecule has 4 aromatic rings. The number of rotatable bonds is 8. The highest BCUT2D eigenvalue weighted by molar-refractivity contribution is 7.99. The molecule has 0 unspecified atom stereocenters. The highest BCUT2D eigenvalue weighted by Gasteiger charge is 2.21. The van der Waals surface area contributed by atoms with Gasteiger partial charge in [-0.3, -0.25) is 4.79 Å². The van der Waals surface area contributed by atoms with Crippen molar-refractivity contribution in [1.82, 2.24) is 24.5 Å². The van der Waals surface area contributed by atoms with E-state index in [1.165, 1.54) is 23.0 Å². The minimum absolute atomic E-state index is 0.0255. The highest BCUT2D eigenvalue weighted by Crippen LogP contribution is 2.22. The van der Waals surface area contributed by atoms with Crippen LogP contribution in [0.15, 0.2) is 76.9 Å². The molecule has 2 aromatic carbocycles. The molecule has 2 heterocycles. The van der Waals surface area contributed by atoms with Crippen molar-refractivity contribution in [2.24, 2.45) is 7.05 Å². The summed E-state index contributed by atoms with van der Waals surface area (Å²) in [4.78, 5) is 12.8. The first-order chi connectivity index (χ1) is 16.4. The van der Waals surface area contributed by atoms with Crippen LogP contribution in [0, 0.1) is 11.3 Å². The van der Waals surface area contributed by atoms with E-state index in [0.717, 1.165) is 11.8 Å². The SMILES string of the molecule is Cn1c(CS(=O)(=O)c2ccccc2)nnc1SCC(=O)Nc1c(C#N)cnn1-c1ccccc1. The minimum atomic E-state index is -3.58. The summed E-state index contributed by atoms with van der Waals surface area (Å²) in [7, 11) is -1.93. The standard InChI is InChI=1S/C22H19N7O3S2/c1-28-19(15-34(31,32)18-10-6-3-7-11-18)26-27-22(28)33-14-20(30)25-21-16(12-23)13-24-29(21)17-8-4-2-5-9-17/h2-11,13H,14-15H2,1H3,(H,25,30). The van der Waals surface area contributed by atoms with Crippen LogP contribution in [0.3, 0.4) is 0 Å². The Morgan fingerprint density at radius 3 is 2.44 bits per heavy atom. The molecule has 1 amide bonds. The van der Waals surface area contributed by atoms with Crippen molar-refractivity contribution < 1.29 is 13.2 Å². The Morgan fingerprint density at radius 2 is 1.76 bits per heavy atom. The van der Waals surface area contributed by atoms with Gasteiger partial charge in [0.1, 0.15) is 23.2 Å². The molecule has 34 heavy (non-hydrogen) atoms. The van der Waals surface area contributed by atoms with E-state index in [-0.39, 0.29) is 39.5 Å². The number of para-hydroxylation sites is 1. The highest BCUT2D eigenvalue weighted by atomic mass is 32.2. The van der Waals surface area contributed by atoms with Gasteiger partial charge < -0.3 is 9.88 Å². The van der Waals surface area contributed by atoms with Gasteiger partial charge in [0, 0.05) is 7.05 Å². The summed E-state index contributed by atoms with van der Waals surface area (Å²) in [5, 5.41) is 24.7. The lowest BCUT2D eigenvalue weighted by Gasteiger charge is -2.09. The molecule has 0 aliphatic heterocycles. The van der Waals surface area contributed by atoms with Crippen LogP contribution in [-0.2, 0) is 27.4 Å². The first-order valence-electron chi connectivity index (χ1n) is 10.0. The number of benzene rings is 2. The van der Waals surface area contributed by atoms with Gasteiger partial charge in [0.25, 0.3) is 0 Å². The lowest BCUT2D eigenvalue weighted by Crippen LogP contribution is -2.18. The normalized spacial score (nSPS) is 11.2. The van der Waals surface area contributed by atoms with Gasteiger partial charge in [0.15, 0.2) is 20.8 Å². The predicted molar refractivity (Wildman–Crippen MR) is 126 cm³/mol. The zero-order valence-electron chi connectivity index (χ0n) is 18.0. The van der Waals surface area contributed by atoms with Crippen LogP contribution in [0.1, 0.15) is 11.4 Å². The zero-order valence-corrected chi connectivity index (χ0v) is 19.6. The molecule has 0 spiro atoms. The van der Waals surface area contributed by atoms with Crippen molar-refractivity contribution in [3.8, 4) is 11.8 Å². The van der Waals surface area contributed by atoms with Crippen LogP contribution in [0.4, 0.5) is 5.82 Å². The Kier molecular flexibility index (Phi) is 6.76. The van der Waals surface area contributed by atoms with E-state index in [1.807, 2.05) is 36.4 Å². The van der Waals surface area contributed by atoms with Crippen LogP contribution in [0.2, 0.25) is 0 Å². The number of hydrogen-bond donors (Lipinski definition) is 1. The number of carbonyl (C=O) groups is 1. The van der Waals surface area contributed by atoms with Crippen molar-refractivity contribution in [3.05, 3.63) is 78.2 Å². The summed E-state index contributed by atoms with van der Waals surface area (Å²) in [5.41, 5.74) is 0.929. The number of nitrogens with zero attached hydrogens (tertiary/aromatic N) is 6. The molecular formula is C22H19N7O3S2. The van der Waals surface area contributed by atoms with Gasteiger partial charge in [-0.15, -0.1) is 10.2 Å². The zero-order chi connectivity index (χ0) is 24.1. The summed E-state index contributed by atoms with van der Waals surface area (Å²) in [6.07, 6.45) is 1.39. The Bertz CT molecular complexity index is 1460. The lowest BCUT2D eigenvalue weighted by molar-refractivity contribution is -0.113. The first-order valence-corrected chi connectivity index (χ1v) is 12.6. The maximum atomic E-state index is 12.6. The molecular weight excluding hydrogens is 474 g/mol. The molecule has 0 fully saturated rings. The molecule has 2 aromatic heterocycles. The van der Waals surface area contributed by atoms with Gasteiger partial charge in [-0.2, -0.15) is 10.4 Å². The molecule has 172 valence electrons. The largest absolute Gasteiger partial charge is 0.309 e. The second-order valence-corrected chi connectivity index (χ2v) is 10.1. The average Bonchev–Trinajstić information content (AvgIpc) is 3.41. The monoisotopic (exact) mass is 493 g/mol. The van der Waals surface area contributed by atoms with E-state index in [0.29, 0.717) is 10.8 Å². The third-order valence-electron chi connectivity index (χ3n) is 4.83. The molecule has 1 N–H and O–H groups in total. The van der Waals surface area contributed by atoms with Crippen LogP contribution < -0.4 is 5.32 Å². The Hall–Kier alpha value is -3.95. The molecule has 12 heteroatoms. The third kappa shape index (κ3) is 5.00. The average molecular weight is 494 g/mol. The van der Waals surface area contributed by atoms with E-state index >= 15 is 0 Å². The summed E-state index contributed by atoms with van der Waals surface area (Å²) >= 11 is 1.10. The Balaban J connectivity index is 1.44. The Morgan fingerprint density at radius 1 is 1.09 bits per heavy atom. The van der Waals surface area contributed by atoms with Gasteiger partial charge in [-0.05, 0) is 24.3 Å². The van der Waals surface area contributed by atoms with Gasteiger partial charge in [-0.1, -0.05) is 48.2 Å². The number of anilines is 1. The molecule has 10 nitrogen and oxygen atoms in total. The summed E-state index contributed by atoms with van der Waals surface area (Å²) < 4.78 is 28.3. The maximum absolute atomic E-state index is 12.6. The fourth-order valence-corrected chi connectivity index (χ4v) is 5.15. The predicted octanol–water partition coefficient (Wildman–Crippen LogP) is 2.58. The summed E-state index contributed by atoms with van der Waals surface area (Å²) in [6, 6.07) is 19.3. The van der Waals surface area contributed by atoms with Gasteiger partial charge in [0.05, 0.1) is 22.5 Å². The molecule has 0 saturated carbocycles. The molecule has 0 saturated heterocycles. The van der Waals surface area contributed by atoms with E-state index < -0.39 is 9.84 Å². The number of sulfone groups is 1. The number of thioether (sulfide) groups is 1. The number of carbonyl (C=O) groups excluding carboxylic acids is 1. The molecule has 0 aliphatic carbocycles. The smallest absolute Gasteiger partial charge is 0.236 e. The maximum Gasteiger partial charge on any atom is 0.236 e. The third-order valence-corrected chi connectivity index (χ3v) is 7.48. The number of aromatic nitrogens is 5. The van der Waals surface area contributed by atoms with Crippen LogP contribution in [0.5, 0.6) is 0 Å². The topological polar surface area (TPSA) is 136 Å². The minimum Gasteiger partial charge on any atom is -0.309 e.